The Kier molecular flexibility index (Phi) is 4.86. The van der Waals surface area contributed by atoms with Crippen molar-refractivity contribution in [2.24, 2.45) is 5.92 Å². The third kappa shape index (κ3) is 3.56. The first-order valence-electron chi connectivity index (χ1n) is 9.95. The van der Waals surface area contributed by atoms with Crippen LogP contribution in [-0.4, -0.2) is 60.6 Å². The van der Waals surface area contributed by atoms with Crippen molar-refractivity contribution in [3.05, 3.63) is 17.5 Å². The van der Waals surface area contributed by atoms with Crippen molar-refractivity contribution in [3.63, 3.8) is 0 Å². The summed E-state index contributed by atoms with van der Waals surface area (Å²) in [6.45, 7) is 6.83. The fourth-order valence-electron chi connectivity index (χ4n) is 4.41. The monoisotopic (exact) mass is 392 g/mol. The maximum atomic E-state index is 12.8. The largest absolute Gasteiger partial charge is 0.341 e. The Bertz CT molecular complexity index is 833. The van der Waals surface area contributed by atoms with Gasteiger partial charge in [-0.05, 0) is 25.2 Å². The smallest absolute Gasteiger partial charge is 0.225 e. The van der Waals surface area contributed by atoms with Crippen LogP contribution in [0, 0.1) is 5.92 Å². The highest BCUT2D eigenvalue weighted by atomic mass is 32.2. The van der Waals surface area contributed by atoms with Crippen molar-refractivity contribution in [2.75, 3.05) is 31.1 Å². The van der Waals surface area contributed by atoms with E-state index < -0.39 is 15.1 Å². The Hall–Kier alpha value is -1.70. The Morgan fingerprint density at radius 3 is 2.70 bits per heavy atom. The van der Waals surface area contributed by atoms with Crippen LogP contribution in [0.1, 0.15) is 56.7 Å². The number of carbonyl (C=O) groups excluding carboxylic acids is 1. The normalized spacial score (nSPS) is 26.3. The summed E-state index contributed by atoms with van der Waals surface area (Å²) in [5.41, 5.74) is 1.54. The molecule has 1 aromatic heterocycles. The van der Waals surface area contributed by atoms with Gasteiger partial charge in [0.05, 0.1) is 16.7 Å². The van der Waals surface area contributed by atoms with Crippen molar-refractivity contribution in [1.29, 1.82) is 0 Å². The van der Waals surface area contributed by atoms with Crippen molar-refractivity contribution in [3.8, 4) is 0 Å². The Labute approximate surface area is 161 Å². The summed E-state index contributed by atoms with van der Waals surface area (Å²) in [6.07, 6.45) is 5.27. The molecule has 2 saturated heterocycles. The SMILES string of the molecule is CC(C)CCC(=O)N1C[C@@H]2c3nc(N4CCCC4)ncc3CS(=O)(=O)[C@@H]2C1. The van der Waals surface area contributed by atoms with Gasteiger partial charge < -0.3 is 9.80 Å². The lowest BCUT2D eigenvalue weighted by molar-refractivity contribution is -0.130. The lowest BCUT2D eigenvalue weighted by atomic mass is 10.00. The van der Waals surface area contributed by atoms with Gasteiger partial charge in [-0.2, -0.15) is 0 Å². The van der Waals surface area contributed by atoms with Gasteiger partial charge in [0, 0.05) is 50.3 Å². The second-order valence-electron chi connectivity index (χ2n) is 8.46. The fraction of sp³-hybridized carbons (Fsp3) is 0.737. The molecule has 0 saturated carbocycles. The zero-order valence-electron chi connectivity index (χ0n) is 16.1. The topological polar surface area (TPSA) is 83.5 Å². The van der Waals surface area contributed by atoms with Crippen molar-refractivity contribution < 1.29 is 13.2 Å². The molecule has 7 nitrogen and oxygen atoms in total. The number of carbonyl (C=O) groups is 1. The van der Waals surface area contributed by atoms with Crippen molar-refractivity contribution >= 4 is 21.7 Å². The maximum Gasteiger partial charge on any atom is 0.225 e. The highest BCUT2D eigenvalue weighted by molar-refractivity contribution is 7.91. The standard InChI is InChI=1S/C19H28N4O3S/c1-13(2)5-6-17(24)23-10-15-16(11-23)27(25,26)12-14-9-20-19(21-18(14)15)22-7-3-4-8-22/h9,13,15-16H,3-8,10-12H2,1-2H3/t15-,16+/m0/s1. The third-order valence-corrected chi connectivity index (χ3v) is 8.11. The summed E-state index contributed by atoms with van der Waals surface area (Å²) in [5.74, 6) is 0.973. The molecule has 2 fully saturated rings. The molecule has 0 N–H and O–H groups in total. The van der Waals surface area contributed by atoms with Gasteiger partial charge in [0.1, 0.15) is 0 Å². The van der Waals surface area contributed by atoms with Crippen LogP contribution in [-0.2, 0) is 20.4 Å². The molecule has 4 rings (SSSR count). The van der Waals surface area contributed by atoms with E-state index in [1.54, 1.807) is 11.1 Å². The number of aromatic nitrogens is 2. The van der Waals surface area contributed by atoms with Gasteiger partial charge in [-0.15, -0.1) is 0 Å². The molecule has 148 valence electrons. The first-order chi connectivity index (χ1) is 12.8. The number of sulfone groups is 1. The van der Waals surface area contributed by atoms with Gasteiger partial charge in [-0.25, -0.2) is 18.4 Å². The van der Waals surface area contributed by atoms with Gasteiger partial charge in [0.2, 0.25) is 11.9 Å². The summed E-state index contributed by atoms with van der Waals surface area (Å²) in [5, 5.41) is -0.533. The number of hydrogen-bond donors (Lipinski definition) is 0. The van der Waals surface area contributed by atoms with E-state index in [2.05, 4.69) is 23.7 Å². The van der Waals surface area contributed by atoms with Gasteiger partial charge >= 0.3 is 0 Å². The average molecular weight is 393 g/mol. The molecule has 0 bridgehead atoms. The molecule has 1 amide bonds. The maximum absolute atomic E-state index is 12.8. The summed E-state index contributed by atoms with van der Waals surface area (Å²) < 4.78 is 25.6. The number of amides is 1. The number of hydrogen-bond acceptors (Lipinski definition) is 6. The lowest BCUT2D eigenvalue weighted by Gasteiger charge is -2.27. The molecule has 0 spiro atoms. The Morgan fingerprint density at radius 2 is 2.00 bits per heavy atom. The zero-order chi connectivity index (χ0) is 19.2. The first kappa shape index (κ1) is 18.7. The van der Waals surface area contributed by atoms with Crippen LogP contribution in [0.3, 0.4) is 0 Å². The summed E-state index contributed by atoms with van der Waals surface area (Å²) in [7, 11) is -3.29. The average Bonchev–Trinajstić information content (AvgIpc) is 3.29. The molecular weight excluding hydrogens is 364 g/mol. The van der Waals surface area contributed by atoms with E-state index in [1.165, 1.54) is 0 Å². The number of nitrogens with zero attached hydrogens (tertiary/aromatic N) is 4. The minimum atomic E-state index is -3.29. The third-order valence-electron chi connectivity index (χ3n) is 6.00. The molecule has 27 heavy (non-hydrogen) atoms. The number of anilines is 1. The quantitative estimate of drug-likeness (QED) is 0.776. The van der Waals surface area contributed by atoms with Gasteiger partial charge in [0.15, 0.2) is 9.84 Å². The van der Waals surface area contributed by atoms with Crippen LogP contribution >= 0.6 is 0 Å². The molecule has 0 unspecified atom stereocenters. The molecular formula is C19H28N4O3S. The highest BCUT2D eigenvalue weighted by Crippen LogP contribution is 2.40. The van der Waals surface area contributed by atoms with E-state index in [4.69, 9.17) is 4.98 Å². The van der Waals surface area contributed by atoms with Crippen LogP contribution < -0.4 is 4.90 Å². The summed E-state index contributed by atoms with van der Waals surface area (Å²) in [4.78, 5) is 25.7. The second kappa shape index (κ2) is 7.04. The van der Waals surface area contributed by atoms with E-state index in [1.807, 2.05) is 0 Å². The van der Waals surface area contributed by atoms with Crippen LogP contribution in [0.4, 0.5) is 5.95 Å². The van der Waals surface area contributed by atoms with Crippen LogP contribution in [0.25, 0.3) is 0 Å². The van der Waals surface area contributed by atoms with Gasteiger partial charge in [-0.3, -0.25) is 4.79 Å². The van der Waals surface area contributed by atoms with Crippen molar-refractivity contribution in [1.82, 2.24) is 14.9 Å². The van der Waals surface area contributed by atoms with E-state index in [0.29, 0.717) is 36.9 Å². The van der Waals surface area contributed by atoms with Gasteiger partial charge in [-0.1, -0.05) is 13.8 Å². The predicted octanol–water partition coefficient (Wildman–Crippen LogP) is 1.74. The minimum Gasteiger partial charge on any atom is -0.341 e. The Balaban J connectivity index is 1.61. The van der Waals surface area contributed by atoms with E-state index in [9.17, 15) is 13.2 Å². The molecule has 2 atom stereocenters. The number of fused-ring (bicyclic) bond motifs is 3. The Morgan fingerprint density at radius 1 is 1.26 bits per heavy atom. The summed E-state index contributed by atoms with van der Waals surface area (Å²) in [6, 6.07) is 0. The molecule has 3 aliphatic heterocycles. The van der Waals surface area contributed by atoms with Crippen LogP contribution in [0.5, 0.6) is 0 Å². The first-order valence-corrected chi connectivity index (χ1v) is 11.7. The fourth-order valence-corrected chi connectivity index (χ4v) is 6.40. The van der Waals surface area contributed by atoms with E-state index >= 15 is 0 Å². The van der Waals surface area contributed by atoms with Gasteiger partial charge in [0.25, 0.3) is 0 Å². The molecule has 0 aliphatic carbocycles. The predicted molar refractivity (Wildman–Crippen MR) is 103 cm³/mol. The van der Waals surface area contributed by atoms with Crippen LogP contribution in [0.15, 0.2) is 6.20 Å². The lowest BCUT2D eigenvalue weighted by Crippen LogP contribution is -2.36. The van der Waals surface area contributed by atoms with Crippen LogP contribution in [0.2, 0.25) is 0 Å². The molecule has 1 aromatic rings. The molecule has 8 heteroatoms. The van der Waals surface area contributed by atoms with E-state index in [-0.39, 0.29) is 17.6 Å². The molecule has 0 radical (unpaired) electrons. The number of rotatable bonds is 4. The molecule has 3 aliphatic rings. The highest BCUT2D eigenvalue weighted by Gasteiger charge is 2.48. The number of likely N-dealkylation sites (tertiary alicyclic amines) is 1. The minimum absolute atomic E-state index is 0.0161. The molecule has 0 aromatic carbocycles. The molecule has 4 heterocycles. The van der Waals surface area contributed by atoms with E-state index in [0.717, 1.165) is 38.0 Å². The summed E-state index contributed by atoms with van der Waals surface area (Å²) >= 11 is 0. The zero-order valence-corrected chi connectivity index (χ0v) is 16.9. The van der Waals surface area contributed by atoms with Crippen molar-refractivity contribution in [2.45, 2.75) is 56.5 Å². The second-order valence-corrected chi connectivity index (χ2v) is 10.7.